The molecular formula is C16H29ClN4. The highest BCUT2D eigenvalue weighted by molar-refractivity contribution is 6.31. The molecule has 120 valence electrons. The molecule has 2 heterocycles. The minimum atomic E-state index is 0.561. The highest BCUT2D eigenvalue weighted by Crippen LogP contribution is 2.25. The summed E-state index contributed by atoms with van der Waals surface area (Å²) in [6.07, 6.45) is 2.05. The van der Waals surface area contributed by atoms with Crippen molar-refractivity contribution < 1.29 is 0 Å². The predicted octanol–water partition coefficient (Wildman–Crippen LogP) is 2.84. The van der Waals surface area contributed by atoms with Crippen LogP contribution in [0.3, 0.4) is 0 Å². The fourth-order valence-corrected chi connectivity index (χ4v) is 3.46. The first-order valence-electron chi connectivity index (χ1n) is 8.15. The number of nitrogens with one attached hydrogen (secondary N) is 1. The van der Waals surface area contributed by atoms with Gasteiger partial charge < -0.3 is 5.32 Å². The van der Waals surface area contributed by atoms with Crippen molar-refractivity contribution in [2.24, 2.45) is 13.0 Å². The van der Waals surface area contributed by atoms with Gasteiger partial charge in [0.2, 0.25) is 0 Å². The first-order valence-corrected chi connectivity index (χ1v) is 8.53. The van der Waals surface area contributed by atoms with Crippen molar-refractivity contribution >= 4 is 11.6 Å². The number of hydrogen-bond donors (Lipinski definition) is 1. The van der Waals surface area contributed by atoms with Gasteiger partial charge in [-0.1, -0.05) is 39.3 Å². The molecular weight excluding hydrogens is 284 g/mol. The zero-order valence-corrected chi connectivity index (χ0v) is 14.7. The van der Waals surface area contributed by atoms with Crippen LogP contribution in [0.5, 0.6) is 0 Å². The topological polar surface area (TPSA) is 33.1 Å². The zero-order valence-electron chi connectivity index (χ0n) is 14.0. The van der Waals surface area contributed by atoms with E-state index in [0.717, 1.165) is 48.9 Å². The maximum Gasteiger partial charge on any atom is 0.0863 e. The lowest BCUT2D eigenvalue weighted by Gasteiger charge is -2.41. The Labute approximate surface area is 133 Å². The molecule has 1 N–H and O–H groups in total. The summed E-state index contributed by atoms with van der Waals surface area (Å²) >= 11 is 6.51. The molecule has 0 spiro atoms. The minimum Gasteiger partial charge on any atom is -0.311 e. The van der Waals surface area contributed by atoms with Crippen molar-refractivity contribution in [3.05, 3.63) is 16.4 Å². The Hall–Kier alpha value is -0.580. The number of piperazine rings is 1. The predicted molar refractivity (Wildman–Crippen MR) is 88.7 cm³/mol. The Bertz CT molecular complexity index is 469. The van der Waals surface area contributed by atoms with Crippen LogP contribution in [-0.2, 0) is 20.0 Å². The van der Waals surface area contributed by atoms with Gasteiger partial charge in [-0.25, -0.2) is 0 Å². The van der Waals surface area contributed by atoms with Gasteiger partial charge in [-0.15, -0.1) is 0 Å². The summed E-state index contributed by atoms with van der Waals surface area (Å²) in [5.41, 5.74) is 2.16. The third-order valence-electron chi connectivity index (χ3n) is 4.70. The number of aromatic nitrogens is 2. The van der Waals surface area contributed by atoms with Crippen molar-refractivity contribution in [1.82, 2.24) is 20.0 Å². The molecule has 0 amide bonds. The molecule has 1 aromatic heterocycles. The fraction of sp³-hybridized carbons (Fsp3) is 0.812. The molecule has 2 rings (SSSR count). The van der Waals surface area contributed by atoms with Crippen LogP contribution in [0, 0.1) is 5.92 Å². The Morgan fingerprint density at radius 1 is 1.38 bits per heavy atom. The van der Waals surface area contributed by atoms with E-state index in [1.54, 1.807) is 0 Å². The average molecular weight is 313 g/mol. The molecule has 2 unspecified atom stereocenters. The standard InChI is InChI=1S/C16H29ClN4/c1-6-12-8-18-14(11(3)4)9-21(12)10-15-16(17)13(7-2)19-20(15)5/h11-12,14,18H,6-10H2,1-5H3. The van der Waals surface area contributed by atoms with Crippen molar-refractivity contribution in [2.45, 2.75) is 59.2 Å². The SMILES string of the molecule is CCc1nn(C)c(CN2CC(C(C)C)NCC2CC)c1Cl. The van der Waals surface area contributed by atoms with E-state index in [2.05, 4.69) is 43.0 Å². The van der Waals surface area contributed by atoms with Crippen LogP contribution >= 0.6 is 11.6 Å². The average Bonchev–Trinajstić information content (AvgIpc) is 2.74. The Kier molecular flexibility index (Phi) is 5.69. The molecule has 1 saturated heterocycles. The summed E-state index contributed by atoms with van der Waals surface area (Å²) in [4.78, 5) is 2.57. The normalized spacial score (nSPS) is 24.0. The van der Waals surface area contributed by atoms with Gasteiger partial charge in [0.15, 0.2) is 0 Å². The monoisotopic (exact) mass is 312 g/mol. The van der Waals surface area contributed by atoms with Crippen molar-refractivity contribution in [1.29, 1.82) is 0 Å². The molecule has 1 fully saturated rings. The lowest BCUT2D eigenvalue weighted by atomic mass is 9.98. The molecule has 0 aromatic carbocycles. The highest BCUT2D eigenvalue weighted by atomic mass is 35.5. The fourth-order valence-electron chi connectivity index (χ4n) is 3.11. The van der Waals surface area contributed by atoms with E-state index in [9.17, 15) is 0 Å². The minimum absolute atomic E-state index is 0.561. The molecule has 5 heteroatoms. The van der Waals surface area contributed by atoms with Crippen molar-refractivity contribution in [2.75, 3.05) is 13.1 Å². The summed E-state index contributed by atoms with van der Waals surface area (Å²) in [6, 6.07) is 1.14. The lowest BCUT2D eigenvalue weighted by Crippen LogP contribution is -2.57. The molecule has 0 saturated carbocycles. The highest BCUT2D eigenvalue weighted by Gasteiger charge is 2.29. The number of aryl methyl sites for hydroxylation is 2. The second-order valence-corrected chi connectivity index (χ2v) is 6.81. The lowest BCUT2D eigenvalue weighted by molar-refractivity contribution is 0.101. The molecule has 0 bridgehead atoms. The van der Waals surface area contributed by atoms with E-state index in [0.29, 0.717) is 18.0 Å². The largest absolute Gasteiger partial charge is 0.311 e. The maximum atomic E-state index is 6.51. The molecule has 21 heavy (non-hydrogen) atoms. The number of hydrogen-bond acceptors (Lipinski definition) is 3. The molecule has 4 nitrogen and oxygen atoms in total. The molecule has 0 radical (unpaired) electrons. The van der Waals surface area contributed by atoms with Gasteiger partial charge in [0.25, 0.3) is 0 Å². The van der Waals surface area contributed by atoms with Crippen LogP contribution < -0.4 is 5.32 Å². The van der Waals surface area contributed by atoms with E-state index in [-0.39, 0.29) is 0 Å². The van der Waals surface area contributed by atoms with E-state index in [1.165, 1.54) is 0 Å². The summed E-state index contributed by atoms with van der Waals surface area (Å²) in [5.74, 6) is 0.651. The van der Waals surface area contributed by atoms with Crippen LogP contribution in [0.1, 0.15) is 45.5 Å². The summed E-state index contributed by atoms with van der Waals surface area (Å²) in [7, 11) is 2.00. The van der Waals surface area contributed by atoms with E-state index >= 15 is 0 Å². The number of rotatable bonds is 5. The summed E-state index contributed by atoms with van der Waals surface area (Å²) in [5, 5.41) is 9.08. The second-order valence-electron chi connectivity index (χ2n) is 6.43. The summed E-state index contributed by atoms with van der Waals surface area (Å²) < 4.78 is 1.96. The van der Waals surface area contributed by atoms with Crippen molar-refractivity contribution in [3.63, 3.8) is 0 Å². The van der Waals surface area contributed by atoms with Crippen LogP contribution in [0.15, 0.2) is 0 Å². The Morgan fingerprint density at radius 3 is 2.62 bits per heavy atom. The Morgan fingerprint density at radius 2 is 2.10 bits per heavy atom. The smallest absolute Gasteiger partial charge is 0.0863 e. The third-order valence-corrected chi connectivity index (χ3v) is 5.13. The van der Waals surface area contributed by atoms with E-state index in [4.69, 9.17) is 11.6 Å². The van der Waals surface area contributed by atoms with E-state index in [1.807, 2.05) is 11.7 Å². The van der Waals surface area contributed by atoms with Gasteiger partial charge in [0.05, 0.1) is 16.4 Å². The quantitative estimate of drug-likeness (QED) is 0.907. The van der Waals surface area contributed by atoms with Crippen molar-refractivity contribution in [3.8, 4) is 0 Å². The van der Waals surface area contributed by atoms with Crippen LogP contribution in [0.25, 0.3) is 0 Å². The first-order chi connectivity index (χ1) is 9.97. The molecule has 1 aliphatic rings. The number of nitrogens with zero attached hydrogens (tertiary/aromatic N) is 3. The first kappa shape index (κ1) is 16.8. The van der Waals surface area contributed by atoms with Crippen LogP contribution in [-0.4, -0.2) is 39.9 Å². The van der Waals surface area contributed by atoms with Gasteiger partial charge in [0.1, 0.15) is 0 Å². The van der Waals surface area contributed by atoms with Gasteiger partial charge in [-0.2, -0.15) is 5.10 Å². The van der Waals surface area contributed by atoms with Gasteiger partial charge >= 0.3 is 0 Å². The van der Waals surface area contributed by atoms with Crippen LogP contribution in [0.2, 0.25) is 5.02 Å². The second kappa shape index (κ2) is 7.12. The zero-order chi connectivity index (χ0) is 15.6. The summed E-state index contributed by atoms with van der Waals surface area (Å²) in [6.45, 7) is 12.0. The van der Waals surface area contributed by atoms with Gasteiger partial charge in [0, 0.05) is 38.8 Å². The van der Waals surface area contributed by atoms with E-state index < -0.39 is 0 Å². The molecule has 0 aliphatic carbocycles. The molecule has 1 aromatic rings. The van der Waals surface area contributed by atoms with Gasteiger partial charge in [-0.05, 0) is 18.8 Å². The van der Waals surface area contributed by atoms with Crippen LogP contribution in [0.4, 0.5) is 0 Å². The molecule has 1 aliphatic heterocycles. The Balaban J connectivity index is 2.17. The third kappa shape index (κ3) is 3.61. The van der Waals surface area contributed by atoms with Gasteiger partial charge in [-0.3, -0.25) is 9.58 Å². The maximum absolute atomic E-state index is 6.51. The number of halogens is 1. The molecule has 2 atom stereocenters.